The van der Waals surface area contributed by atoms with Gasteiger partial charge in [0, 0.05) is 13.1 Å². The predicted molar refractivity (Wildman–Crippen MR) is 129 cm³/mol. The number of carbonyl (C=O) groups excluding carboxylic acids is 4. The van der Waals surface area contributed by atoms with Crippen LogP contribution in [-0.4, -0.2) is 77.2 Å². The molecule has 1 rings (SSSR count). The largest absolute Gasteiger partial charge is 0.444 e. The normalized spacial score (nSPS) is 20.0. The second-order valence-corrected chi connectivity index (χ2v) is 10.5. The van der Waals surface area contributed by atoms with E-state index in [0.29, 0.717) is 6.42 Å². The Hall–Kier alpha value is -2.88. The average molecular weight is 481 g/mol. The minimum atomic E-state index is -1.44. The lowest BCUT2D eigenvalue weighted by atomic mass is 9.85. The molecule has 1 heterocycles. The van der Waals surface area contributed by atoms with Gasteiger partial charge in [-0.3, -0.25) is 14.4 Å². The molecule has 0 bridgehead atoms. The minimum Gasteiger partial charge on any atom is -0.444 e. The van der Waals surface area contributed by atoms with Gasteiger partial charge in [0.15, 0.2) is 0 Å². The Morgan fingerprint density at radius 2 is 1.74 bits per heavy atom. The first-order valence-electron chi connectivity index (χ1n) is 11.4. The van der Waals surface area contributed by atoms with Gasteiger partial charge in [-0.1, -0.05) is 32.9 Å². The molecular formula is C24H40N4O6. The predicted octanol–water partition coefficient (Wildman–Crippen LogP) is 1.11. The number of amides is 4. The summed E-state index contributed by atoms with van der Waals surface area (Å²) in [5.41, 5.74) is -1.40. The summed E-state index contributed by atoms with van der Waals surface area (Å²) >= 11 is 0. The monoisotopic (exact) mass is 480 g/mol. The molecule has 1 saturated heterocycles. The van der Waals surface area contributed by atoms with Crippen molar-refractivity contribution < 1.29 is 29.0 Å². The number of likely N-dealkylation sites (tertiary alicyclic amines) is 1. The molecule has 34 heavy (non-hydrogen) atoms. The van der Waals surface area contributed by atoms with Gasteiger partial charge in [-0.15, -0.1) is 13.2 Å². The van der Waals surface area contributed by atoms with E-state index in [4.69, 9.17) is 4.74 Å². The lowest BCUT2D eigenvalue weighted by Gasteiger charge is -2.35. The van der Waals surface area contributed by atoms with E-state index in [0.717, 1.165) is 0 Å². The minimum absolute atomic E-state index is 0.123. The Morgan fingerprint density at radius 3 is 2.24 bits per heavy atom. The number of aliphatic hydroxyl groups excluding tert-OH is 1. The molecule has 10 nitrogen and oxygen atoms in total. The van der Waals surface area contributed by atoms with Gasteiger partial charge in [-0.05, 0) is 38.5 Å². The first-order valence-corrected chi connectivity index (χ1v) is 11.4. The van der Waals surface area contributed by atoms with Crippen LogP contribution in [0.1, 0.15) is 48.0 Å². The molecule has 0 aromatic carbocycles. The van der Waals surface area contributed by atoms with Crippen molar-refractivity contribution in [3.05, 3.63) is 25.3 Å². The summed E-state index contributed by atoms with van der Waals surface area (Å²) in [7, 11) is 0. The zero-order chi connectivity index (χ0) is 26.3. The fraction of sp³-hybridized carbons (Fsp3) is 0.667. The maximum Gasteiger partial charge on any atom is 0.408 e. The van der Waals surface area contributed by atoms with Crippen LogP contribution in [0.2, 0.25) is 0 Å². The molecule has 0 saturated carbocycles. The molecule has 1 fully saturated rings. The topological polar surface area (TPSA) is 137 Å². The zero-order valence-corrected chi connectivity index (χ0v) is 21.1. The van der Waals surface area contributed by atoms with E-state index >= 15 is 0 Å². The summed E-state index contributed by atoms with van der Waals surface area (Å²) in [6.07, 6.45) is 1.31. The van der Waals surface area contributed by atoms with Crippen LogP contribution in [0, 0.1) is 11.3 Å². The van der Waals surface area contributed by atoms with E-state index in [2.05, 4.69) is 29.1 Å². The first kappa shape index (κ1) is 29.2. The molecule has 4 N–H and O–H groups in total. The van der Waals surface area contributed by atoms with Crippen molar-refractivity contribution in [2.45, 2.75) is 71.8 Å². The Labute approximate surface area is 202 Å². The SMILES string of the molecule is C=CCNC(=O)C(O)CNC(=O)[C@@H]1C[C@@H](C=C)CN1C(=O)[C@@H](NC(=O)OC(C)(C)C)C(C)(C)C. The number of alkyl carbamates (subject to hydrolysis) is 1. The van der Waals surface area contributed by atoms with Crippen molar-refractivity contribution in [2.75, 3.05) is 19.6 Å². The number of aliphatic hydroxyl groups is 1. The van der Waals surface area contributed by atoms with Crippen molar-refractivity contribution in [3.8, 4) is 0 Å². The Kier molecular flexibility index (Phi) is 10.3. The smallest absolute Gasteiger partial charge is 0.408 e. The maximum atomic E-state index is 13.6. The van der Waals surface area contributed by atoms with Gasteiger partial charge in [0.2, 0.25) is 11.8 Å². The molecule has 4 atom stereocenters. The summed E-state index contributed by atoms with van der Waals surface area (Å²) in [4.78, 5) is 52.1. The van der Waals surface area contributed by atoms with Crippen molar-refractivity contribution in [1.82, 2.24) is 20.9 Å². The number of nitrogens with one attached hydrogen (secondary N) is 3. The molecule has 0 spiro atoms. The lowest BCUT2D eigenvalue weighted by molar-refractivity contribution is -0.142. The van der Waals surface area contributed by atoms with Crippen molar-refractivity contribution >= 4 is 23.8 Å². The fourth-order valence-electron chi connectivity index (χ4n) is 3.47. The third-order valence-electron chi connectivity index (χ3n) is 5.22. The van der Waals surface area contributed by atoms with Gasteiger partial charge in [-0.25, -0.2) is 4.79 Å². The van der Waals surface area contributed by atoms with E-state index in [1.807, 2.05) is 0 Å². The van der Waals surface area contributed by atoms with E-state index in [1.165, 1.54) is 11.0 Å². The summed E-state index contributed by atoms with van der Waals surface area (Å²) in [6, 6.07) is -1.79. The van der Waals surface area contributed by atoms with Crippen LogP contribution in [0.5, 0.6) is 0 Å². The number of hydrogen-bond acceptors (Lipinski definition) is 6. The van der Waals surface area contributed by atoms with Crippen LogP contribution in [0.15, 0.2) is 25.3 Å². The van der Waals surface area contributed by atoms with Gasteiger partial charge in [-0.2, -0.15) is 0 Å². The highest BCUT2D eigenvalue weighted by Crippen LogP contribution is 2.29. The molecule has 0 aromatic heterocycles. The molecule has 0 aromatic rings. The van der Waals surface area contributed by atoms with Gasteiger partial charge < -0.3 is 30.7 Å². The zero-order valence-electron chi connectivity index (χ0n) is 21.1. The molecule has 1 unspecified atom stereocenters. The van der Waals surface area contributed by atoms with Crippen molar-refractivity contribution in [2.24, 2.45) is 11.3 Å². The number of ether oxygens (including phenoxy) is 1. The quantitative estimate of drug-likeness (QED) is 0.365. The van der Waals surface area contributed by atoms with Gasteiger partial charge in [0.25, 0.3) is 5.91 Å². The second-order valence-electron chi connectivity index (χ2n) is 10.5. The fourth-order valence-corrected chi connectivity index (χ4v) is 3.47. The summed E-state index contributed by atoms with van der Waals surface area (Å²) in [6.45, 7) is 18.0. The van der Waals surface area contributed by atoms with Crippen molar-refractivity contribution in [1.29, 1.82) is 0 Å². The van der Waals surface area contributed by atoms with E-state index in [-0.39, 0.29) is 25.6 Å². The summed E-state index contributed by atoms with van der Waals surface area (Å²) < 4.78 is 5.32. The highest BCUT2D eigenvalue weighted by molar-refractivity contribution is 5.92. The molecule has 192 valence electrons. The van der Waals surface area contributed by atoms with Gasteiger partial charge in [0.05, 0.1) is 6.54 Å². The molecule has 0 radical (unpaired) electrons. The van der Waals surface area contributed by atoms with E-state index < -0.39 is 53.0 Å². The maximum absolute atomic E-state index is 13.6. The summed E-state index contributed by atoms with van der Waals surface area (Å²) in [5, 5.41) is 17.6. The average Bonchev–Trinajstić information content (AvgIpc) is 3.16. The third kappa shape index (κ3) is 8.81. The molecule has 10 heteroatoms. The van der Waals surface area contributed by atoms with Crippen LogP contribution in [-0.2, 0) is 19.1 Å². The summed E-state index contributed by atoms with van der Waals surface area (Å²) in [5.74, 6) is -1.69. The lowest BCUT2D eigenvalue weighted by Crippen LogP contribution is -2.58. The van der Waals surface area contributed by atoms with E-state index in [1.54, 1.807) is 47.6 Å². The van der Waals surface area contributed by atoms with Crippen molar-refractivity contribution in [3.63, 3.8) is 0 Å². The molecule has 1 aliphatic heterocycles. The number of carbonyl (C=O) groups is 4. The van der Waals surface area contributed by atoms with Gasteiger partial charge in [0.1, 0.15) is 23.8 Å². The van der Waals surface area contributed by atoms with Crippen LogP contribution >= 0.6 is 0 Å². The third-order valence-corrected chi connectivity index (χ3v) is 5.22. The van der Waals surface area contributed by atoms with Crippen LogP contribution in [0.4, 0.5) is 4.79 Å². The second kappa shape index (κ2) is 12.0. The molecular weight excluding hydrogens is 440 g/mol. The van der Waals surface area contributed by atoms with Crippen LogP contribution in [0.3, 0.4) is 0 Å². The number of hydrogen-bond donors (Lipinski definition) is 4. The highest BCUT2D eigenvalue weighted by atomic mass is 16.6. The Morgan fingerprint density at radius 1 is 1.12 bits per heavy atom. The Balaban J connectivity index is 2.99. The van der Waals surface area contributed by atoms with Gasteiger partial charge >= 0.3 is 6.09 Å². The molecule has 4 amide bonds. The van der Waals surface area contributed by atoms with E-state index in [9.17, 15) is 24.3 Å². The molecule has 1 aliphatic rings. The molecule has 0 aliphatic carbocycles. The standard InChI is InChI=1S/C24H40N4O6/c1-9-11-25-20(31)17(29)13-26-19(30)16-12-15(10-2)14-28(16)21(32)18(23(3,4)5)27-22(33)34-24(6,7)8/h9-10,15-18,29H,1-2,11-14H2,3-8H3,(H,25,31)(H,26,30)(H,27,33)/t15-,16+,17?,18-/m1/s1. The Bertz CT molecular complexity index is 783. The first-order chi connectivity index (χ1) is 15.6. The highest BCUT2D eigenvalue weighted by Gasteiger charge is 2.44. The van der Waals surface area contributed by atoms with Crippen LogP contribution < -0.4 is 16.0 Å². The number of rotatable bonds is 9. The van der Waals surface area contributed by atoms with Crippen LogP contribution in [0.25, 0.3) is 0 Å². The number of nitrogens with zero attached hydrogens (tertiary/aromatic N) is 1.